The van der Waals surface area contributed by atoms with Crippen molar-refractivity contribution in [3.05, 3.63) is 176 Å². The summed E-state index contributed by atoms with van der Waals surface area (Å²) in [5.74, 6) is 1.99. The Morgan fingerprint density at radius 1 is 0.306 bits per heavy atom. The van der Waals surface area contributed by atoms with Gasteiger partial charge in [-0.15, -0.1) is 11.3 Å². The molecule has 49 heavy (non-hydrogen) atoms. The van der Waals surface area contributed by atoms with E-state index in [2.05, 4.69) is 115 Å². The quantitative estimate of drug-likeness (QED) is 0.181. The van der Waals surface area contributed by atoms with Crippen LogP contribution >= 0.6 is 11.3 Å². The van der Waals surface area contributed by atoms with E-state index in [4.69, 9.17) is 15.0 Å². The lowest BCUT2D eigenvalue weighted by molar-refractivity contribution is 1.08. The second kappa shape index (κ2) is 12.4. The van der Waals surface area contributed by atoms with Gasteiger partial charge in [-0.05, 0) is 57.6 Å². The summed E-state index contributed by atoms with van der Waals surface area (Å²) >= 11 is 1.80. The SMILES string of the molecule is c1ccc(-c2nc(-c3ccccc3)nc(-c3cccc4sc5ccc(-c6cccc(-c7ccccc7-c7ccccc7)c6)cc5c34)n2)cc1. The first kappa shape index (κ1) is 29.0. The van der Waals surface area contributed by atoms with E-state index < -0.39 is 0 Å². The van der Waals surface area contributed by atoms with E-state index in [1.807, 2.05) is 60.7 Å². The van der Waals surface area contributed by atoms with Gasteiger partial charge in [0, 0.05) is 36.9 Å². The van der Waals surface area contributed by atoms with E-state index in [-0.39, 0.29) is 0 Å². The highest BCUT2D eigenvalue weighted by molar-refractivity contribution is 7.26. The average molecular weight is 644 g/mol. The van der Waals surface area contributed by atoms with E-state index in [9.17, 15) is 0 Å². The number of rotatable bonds is 6. The van der Waals surface area contributed by atoms with Crippen LogP contribution in [0.1, 0.15) is 0 Å². The zero-order chi connectivity index (χ0) is 32.6. The smallest absolute Gasteiger partial charge is 0.164 e. The highest BCUT2D eigenvalue weighted by Gasteiger charge is 2.17. The Morgan fingerprint density at radius 2 is 0.796 bits per heavy atom. The lowest BCUT2D eigenvalue weighted by Crippen LogP contribution is -2.00. The number of nitrogens with zero attached hydrogens (tertiary/aromatic N) is 3. The van der Waals surface area contributed by atoms with Gasteiger partial charge in [0.05, 0.1) is 0 Å². The van der Waals surface area contributed by atoms with Crippen molar-refractivity contribution >= 4 is 31.5 Å². The van der Waals surface area contributed by atoms with E-state index in [1.165, 1.54) is 53.6 Å². The number of hydrogen-bond acceptors (Lipinski definition) is 4. The molecule has 0 N–H and O–H groups in total. The Bertz CT molecular complexity index is 2540. The second-order valence-electron chi connectivity index (χ2n) is 12.0. The van der Waals surface area contributed by atoms with Crippen molar-refractivity contribution in [1.29, 1.82) is 0 Å². The summed E-state index contributed by atoms with van der Waals surface area (Å²) < 4.78 is 2.44. The van der Waals surface area contributed by atoms with Gasteiger partial charge in [-0.2, -0.15) is 0 Å². The molecule has 7 aromatic carbocycles. The van der Waals surface area contributed by atoms with E-state index >= 15 is 0 Å². The molecule has 0 aliphatic carbocycles. The summed E-state index contributed by atoms with van der Waals surface area (Å²) in [6.45, 7) is 0. The van der Waals surface area contributed by atoms with Gasteiger partial charge in [-0.3, -0.25) is 0 Å². The van der Waals surface area contributed by atoms with Crippen LogP contribution < -0.4 is 0 Å². The Balaban J connectivity index is 1.19. The molecule has 9 aromatic rings. The minimum Gasteiger partial charge on any atom is -0.208 e. The van der Waals surface area contributed by atoms with Gasteiger partial charge in [0.15, 0.2) is 17.5 Å². The Morgan fingerprint density at radius 3 is 1.47 bits per heavy atom. The minimum absolute atomic E-state index is 0.661. The molecule has 0 aliphatic rings. The summed E-state index contributed by atoms with van der Waals surface area (Å²) in [6.07, 6.45) is 0. The molecule has 0 fully saturated rings. The lowest BCUT2D eigenvalue weighted by Gasteiger charge is -2.12. The topological polar surface area (TPSA) is 38.7 Å². The summed E-state index contributed by atoms with van der Waals surface area (Å²) in [5.41, 5.74) is 10.1. The van der Waals surface area contributed by atoms with Crippen LogP contribution in [0.5, 0.6) is 0 Å². The van der Waals surface area contributed by atoms with Crippen LogP contribution in [0.2, 0.25) is 0 Å². The van der Waals surface area contributed by atoms with Crippen LogP contribution in [0.4, 0.5) is 0 Å². The molecule has 2 heterocycles. The molecule has 4 heteroatoms. The molecule has 0 atom stereocenters. The fourth-order valence-corrected chi connectivity index (χ4v) is 7.70. The molecular weight excluding hydrogens is 615 g/mol. The van der Waals surface area contributed by atoms with Crippen molar-refractivity contribution in [2.45, 2.75) is 0 Å². The summed E-state index contributed by atoms with van der Waals surface area (Å²) in [4.78, 5) is 15.1. The number of fused-ring (bicyclic) bond motifs is 3. The fraction of sp³-hybridized carbons (Fsp3) is 0. The molecule has 0 saturated carbocycles. The first-order chi connectivity index (χ1) is 24.3. The molecule has 0 aliphatic heterocycles. The van der Waals surface area contributed by atoms with Gasteiger partial charge >= 0.3 is 0 Å². The summed E-state index contributed by atoms with van der Waals surface area (Å²) in [7, 11) is 0. The fourth-order valence-electron chi connectivity index (χ4n) is 6.59. The highest BCUT2D eigenvalue weighted by atomic mass is 32.1. The highest BCUT2D eigenvalue weighted by Crippen LogP contribution is 2.42. The van der Waals surface area contributed by atoms with Crippen LogP contribution in [0.15, 0.2) is 176 Å². The van der Waals surface area contributed by atoms with E-state index in [1.54, 1.807) is 11.3 Å². The van der Waals surface area contributed by atoms with Crippen molar-refractivity contribution in [3.8, 4) is 67.5 Å². The van der Waals surface area contributed by atoms with E-state index in [0.717, 1.165) is 16.7 Å². The third kappa shape index (κ3) is 5.48. The van der Waals surface area contributed by atoms with Crippen molar-refractivity contribution < 1.29 is 0 Å². The van der Waals surface area contributed by atoms with Gasteiger partial charge in [0.2, 0.25) is 0 Å². The third-order valence-electron chi connectivity index (χ3n) is 8.95. The molecule has 9 rings (SSSR count). The Kier molecular flexibility index (Phi) is 7.34. The molecule has 0 saturated heterocycles. The van der Waals surface area contributed by atoms with Crippen molar-refractivity contribution in [2.24, 2.45) is 0 Å². The molecule has 0 amide bonds. The monoisotopic (exact) mass is 643 g/mol. The molecular formula is C45H29N3S. The predicted octanol–water partition coefficient (Wildman–Crippen LogP) is 12.2. The normalized spacial score (nSPS) is 11.3. The maximum atomic E-state index is 5.08. The molecule has 0 spiro atoms. The van der Waals surface area contributed by atoms with Gasteiger partial charge in [-0.1, -0.05) is 152 Å². The van der Waals surface area contributed by atoms with Crippen LogP contribution in [0, 0.1) is 0 Å². The number of benzene rings is 7. The molecule has 0 unspecified atom stereocenters. The minimum atomic E-state index is 0.661. The van der Waals surface area contributed by atoms with E-state index in [0.29, 0.717) is 17.5 Å². The summed E-state index contributed by atoms with van der Waals surface area (Å²) in [6, 6.07) is 61.7. The molecule has 2 aromatic heterocycles. The average Bonchev–Trinajstić information content (AvgIpc) is 3.57. The number of aromatic nitrogens is 3. The zero-order valence-corrected chi connectivity index (χ0v) is 27.3. The van der Waals surface area contributed by atoms with Crippen LogP contribution in [-0.2, 0) is 0 Å². The molecule has 230 valence electrons. The molecule has 0 radical (unpaired) electrons. The van der Waals surface area contributed by atoms with Crippen LogP contribution in [0.25, 0.3) is 87.7 Å². The zero-order valence-electron chi connectivity index (χ0n) is 26.5. The van der Waals surface area contributed by atoms with Crippen LogP contribution in [-0.4, -0.2) is 15.0 Å². The van der Waals surface area contributed by atoms with Crippen molar-refractivity contribution in [3.63, 3.8) is 0 Å². The first-order valence-electron chi connectivity index (χ1n) is 16.4. The van der Waals surface area contributed by atoms with Crippen molar-refractivity contribution in [2.75, 3.05) is 0 Å². The third-order valence-corrected chi connectivity index (χ3v) is 10.1. The molecule has 0 bridgehead atoms. The maximum absolute atomic E-state index is 5.08. The predicted molar refractivity (Wildman–Crippen MR) is 205 cm³/mol. The van der Waals surface area contributed by atoms with Gasteiger partial charge in [0.1, 0.15) is 0 Å². The number of thiophene rings is 1. The Labute approximate surface area is 288 Å². The second-order valence-corrected chi connectivity index (χ2v) is 13.1. The maximum Gasteiger partial charge on any atom is 0.164 e. The largest absolute Gasteiger partial charge is 0.208 e. The van der Waals surface area contributed by atoms with Crippen molar-refractivity contribution in [1.82, 2.24) is 15.0 Å². The number of hydrogen-bond donors (Lipinski definition) is 0. The van der Waals surface area contributed by atoms with Gasteiger partial charge in [-0.25, -0.2) is 15.0 Å². The standard InChI is InChI=1S/C45H29N3S/c1-4-14-30(15-5-1)36-22-10-11-23-37(36)35-21-12-20-33(28-35)34-26-27-40-39(29-34)42-38(24-13-25-41(42)49-40)45-47-43(31-16-6-2-7-17-31)46-44(48-45)32-18-8-3-9-19-32/h1-29H. The molecule has 3 nitrogen and oxygen atoms in total. The first-order valence-corrected chi connectivity index (χ1v) is 17.2. The van der Waals surface area contributed by atoms with Crippen LogP contribution in [0.3, 0.4) is 0 Å². The Hall–Kier alpha value is -6.23. The summed E-state index contributed by atoms with van der Waals surface area (Å²) in [5, 5.41) is 2.37. The van der Waals surface area contributed by atoms with Gasteiger partial charge in [0.25, 0.3) is 0 Å². The lowest BCUT2D eigenvalue weighted by atomic mass is 9.92. The van der Waals surface area contributed by atoms with Gasteiger partial charge < -0.3 is 0 Å².